The monoisotopic (exact) mass is 458 g/mol. The number of hydrogen-bond acceptors (Lipinski definition) is 4. The normalized spacial score (nSPS) is 15.8. The molecule has 174 valence electrons. The van der Waals surface area contributed by atoms with E-state index in [0.717, 1.165) is 18.8 Å². The number of benzene rings is 3. The molecule has 1 aromatic heterocycles. The zero-order valence-corrected chi connectivity index (χ0v) is 20.5. The van der Waals surface area contributed by atoms with Crippen molar-refractivity contribution in [3.63, 3.8) is 0 Å². The van der Waals surface area contributed by atoms with Crippen LogP contribution in [0.1, 0.15) is 36.2 Å². The molecule has 4 nitrogen and oxygen atoms in total. The Morgan fingerprint density at radius 2 is 1.57 bits per heavy atom. The fourth-order valence-corrected chi connectivity index (χ4v) is 5.37. The fraction of sp³-hybridized carbons (Fsp3) is 0.194. The van der Waals surface area contributed by atoms with E-state index in [4.69, 9.17) is 0 Å². The van der Waals surface area contributed by atoms with Crippen LogP contribution in [0.3, 0.4) is 0 Å². The highest BCUT2D eigenvalue weighted by Gasteiger charge is 2.36. The zero-order valence-electron chi connectivity index (χ0n) is 20.5. The van der Waals surface area contributed by atoms with Gasteiger partial charge in [-0.3, -0.25) is 4.98 Å². The average Bonchev–Trinajstić information content (AvgIpc) is 3.31. The van der Waals surface area contributed by atoms with Gasteiger partial charge >= 0.3 is 0 Å². The summed E-state index contributed by atoms with van der Waals surface area (Å²) in [6, 6.07) is 30.8. The summed E-state index contributed by atoms with van der Waals surface area (Å²) < 4.78 is 0. The van der Waals surface area contributed by atoms with Crippen LogP contribution >= 0.6 is 0 Å². The van der Waals surface area contributed by atoms with Crippen molar-refractivity contribution in [1.29, 1.82) is 0 Å². The van der Waals surface area contributed by atoms with Crippen molar-refractivity contribution in [1.82, 2.24) is 9.88 Å². The molecule has 0 bridgehead atoms. The largest absolute Gasteiger partial charge is 0.361 e. The maximum Gasteiger partial charge on any atom is 0.0938 e. The zero-order chi connectivity index (χ0) is 24.0. The highest BCUT2D eigenvalue weighted by molar-refractivity contribution is 5.87. The SMILES string of the molecule is CN1C=CN(c2cccc(N3c4ccccc4C(C)(C)c4ccc(Cc5ccccn5)cc43)c2)C1. The molecule has 0 fully saturated rings. The Bertz CT molecular complexity index is 1410. The molecule has 3 aromatic carbocycles. The summed E-state index contributed by atoms with van der Waals surface area (Å²) in [7, 11) is 2.10. The average molecular weight is 459 g/mol. The first-order valence-electron chi connectivity index (χ1n) is 12.2. The maximum absolute atomic E-state index is 4.56. The second kappa shape index (κ2) is 8.31. The smallest absolute Gasteiger partial charge is 0.0938 e. The second-order valence-corrected chi connectivity index (χ2v) is 10.0. The lowest BCUT2D eigenvalue weighted by atomic mass is 9.73. The molecule has 0 radical (unpaired) electrons. The van der Waals surface area contributed by atoms with Gasteiger partial charge in [-0.25, -0.2) is 0 Å². The highest BCUT2D eigenvalue weighted by Crippen LogP contribution is 2.52. The van der Waals surface area contributed by atoms with Crippen LogP contribution in [0, 0.1) is 0 Å². The van der Waals surface area contributed by atoms with Crippen LogP contribution in [0.4, 0.5) is 22.7 Å². The number of anilines is 4. The third-order valence-corrected chi connectivity index (χ3v) is 7.20. The van der Waals surface area contributed by atoms with Gasteiger partial charge in [0.25, 0.3) is 0 Å². The summed E-state index contributed by atoms with van der Waals surface area (Å²) in [4.78, 5) is 11.5. The Labute approximate surface area is 207 Å². The van der Waals surface area contributed by atoms with Crippen LogP contribution in [0.2, 0.25) is 0 Å². The predicted octanol–water partition coefficient (Wildman–Crippen LogP) is 6.96. The Morgan fingerprint density at radius 1 is 0.771 bits per heavy atom. The van der Waals surface area contributed by atoms with Crippen LogP contribution in [0.25, 0.3) is 0 Å². The standard InChI is InChI=1S/C31H30N4/c1-31(2)27-12-4-5-13-29(27)35(26-11-8-10-25(21-26)34-18-17-33(3)22-34)30-20-23(14-15-28(30)31)19-24-9-6-7-16-32-24/h4-18,20-21H,19,22H2,1-3H3. The second-order valence-electron chi connectivity index (χ2n) is 10.0. The van der Waals surface area contributed by atoms with Gasteiger partial charge in [-0.2, -0.15) is 0 Å². The number of fused-ring (bicyclic) bond motifs is 2. The Morgan fingerprint density at radius 3 is 2.37 bits per heavy atom. The van der Waals surface area contributed by atoms with Crippen molar-refractivity contribution < 1.29 is 0 Å². The van der Waals surface area contributed by atoms with Crippen molar-refractivity contribution >= 4 is 22.7 Å². The van der Waals surface area contributed by atoms with Crippen molar-refractivity contribution in [3.05, 3.63) is 126 Å². The van der Waals surface area contributed by atoms with Gasteiger partial charge < -0.3 is 14.7 Å². The third-order valence-electron chi connectivity index (χ3n) is 7.20. The minimum absolute atomic E-state index is 0.0933. The first-order valence-corrected chi connectivity index (χ1v) is 12.2. The summed E-state index contributed by atoms with van der Waals surface area (Å²) in [6.45, 7) is 5.53. The minimum Gasteiger partial charge on any atom is -0.361 e. The number of rotatable bonds is 4. The number of hydrogen-bond donors (Lipinski definition) is 0. The molecular formula is C31H30N4. The van der Waals surface area contributed by atoms with Crippen molar-refractivity contribution in [2.24, 2.45) is 0 Å². The van der Waals surface area contributed by atoms with Crippen LogP contribution in [-0.4, -0.2) is 23.6 Å². The Hall–Kier alpha value is -4.05. The summed E-state index contributed by atoms with van der Waals surface area (Å²) in [5.74, 6) is 0. The van der Waals surface area contributed by atoms with Crippen LogP contribution in [0.15, 0.2) is 104 Å². The third kappa shape index (κ3) is 3.75. The van der Waals surface area contributed by atoms with E-state index < -0.39 is 0 Å². The molecule has 3 heterocycles. The molecule has 4 heteroatoms. The molecule has 6 rings (SSSR count). The van der Waals surface area contributed by atoms with Gasteiger partial charge in [0.2, 0.25) is 0 Å². The first kappa shape index (κ1) is 21.5. The van der Waals surface area contributed by atoms with E-state index in [0.29, 0.717) is 0 Å². The van der Waals surface area contributed by atoms with E-state index in [-0.39, 0.29) is 5.41 Å². The fourth-order valence-electron chi connectivity index (χ4n) is 5.37. The molecule has 0 saturated carbocycles. The van der Waals surface area contributed by atoms with Gasteiger partial charge in [0.1, 0.15) is 0 Å². The van der Waals surface area contributed by atoms with E-state index in [2.05, 4.69) is 132 Å². The molecule has 0 unspecified atom stereocenters. The first-order chi connectivity index (χ1) is 17.0. The Kier molecular flexibility index (Phi) is 5.10. The summed E-state index contributed by atoms with van der Waals surface area (Å²) >= 11 is 0. The van der Waals surface area contributed by atoms with E-state index in [9.17, 15) is 0 Å². The predicted molar refractivity (Wildman–Crippen MR) is 145 cm³/mol. The van der Waals surface area contributed by atoms with Gasteiger partial charge in [-0.15, -0.1) is 0 Å². The molecule has 2 aliphatic rings. The topological polar surface area (TPSA) is 22.6 Å². The molecule has 2 aliphatic heterocycles. The van der Waals surface area contributed by atoms with Gasteiger partial charge in [0.15, 0.2) is 0 Å². The van der Waals surface area contributed by atoms with E-state index in [1.54, 1.807) is 0 Å². The van der Waals surface area contributed by atoms with E-state index in [1.807, 2.05) is 12.3 Å². The van der Waals surface area contributed by atoms with E-state index in [1.165, 1.54) is 39.4 Å². The molecule has 0 atom stereocenters. The lowest BCUT2D eigenvalue weighted by Gasteiger charge is -2.42. The van der Waals surface area contributed by atoms with E-state index >= 15 is 0 Å². The quantitative estimate of drug-likeness (QED) is 0.330. The van der Waals surface area contributed by atoms with Gasteiger partial charge in [0.05, 0.1) is 18.0 Å². The Balaban J connectivity index is 1.50. The van der Waals surface area contributed by atoms with Crippen molar-refractivity contribution in [3.8, 4) is 0 Å². The molecule has 0 saturated heterocycles. The summed E-state index contributed by atoms with van der Waals surface area (Å²) in [6.07, 6.45) is 6.94. The van der Waals surface area contributed by atoms with Crippen molar-refractivity contribution in [2.75, 3.05) is 23.5 Å². The number of nitrogens with zero attached hydrogens (tertiary/aromatic N) is 4. The lowest BCUT2D eigenvalue weighted by molar-refractivity contribution is 0.496. The molecule has 4 aromatic rings. The molecule has 0 amide bonds. The summed E-state index contributed by atoms with van der Waals surface area (Å²) in [5.41, 5.74) is 9.79. The van der Waals surface area contributed by atoms with Crippen LogP contribution in [0.5, 0.6) is 0 Å². The summed E-state index contributed by atoms with van der Waals surface area (Å²) in [5, 5.41) is 0. The van der Waals surface area contributed by atoms with Gasteiger partial charge in [0, 0.05) is 54.5 Å². The number of para-hydroxylation sites is 1. The van der Waals surface area contributed by atoms with Crippen LogP contribution < -0.4 is 9.80 Å². The van der Waals surface area contributed by atoms with Gasteiger partial charge in [-0.1, -0.05) is 56.3 Å². The lowest BCUT2D eigenvalue weighted by Crippen LogP contribution is -2.30. The van der Waals surface area contributed by atoms with Crippen molar-refractivity contribution in [2.45, 2.75) is 25.7 Å². The van der Waals surface area contributed by atoms with Crippen LogP contribution in [-0.2, 0) is 11.8 Å². The molecule has 0 N–H and O–H groups in total. The highest BCUT2D eigenvalue weighted by atomic mass is 15.3. The number of aromatic nitrogens is 1. The molecular weight excluding hydrogens is 428 g/mol. The number of pyridine rings is 1. The molecule has 0 aliphatic carbocycles. The van der Waals surface area contributed by atoms with Gasteiger partial charge in [-0.05, 0) is 59.2 Å². The molecule has 0 spiro atoms. The maximum atomic E-state index is 4.56. The minimum atomic E-state index is -0.0933. The molecule has 35 heavy (non-hydrogen) atoms.